The Balaban J connectivity index is 2.58. The van der Waals surface area contributed by atoms with Gasteiger partial charge in [-0.05, 0) is 6.42 Å². The lowest BCUT2D eigenvalue weighted by molar-refractivity contribution is 0.478. The van der Waals surface area contributed by atoms with Gasteiger partial charge in [0, 0.05) is 13.1 Å². The Labute approximate surface area is 83.2 Å². The molecule has 0 bridgehead atoms. The zero-order valence-corrected chi connectivity index (χ0v) is 8.79. The van der Waals surface area contributed by atoms with Crippen LogP contribution < -0.4 is 17.0 Å². The van der Waals surface area contributed by atoms with Gasteiger partial charge < -0.3 is 5.73 Å². The van der Waals surface area contributed by atoms with E-state index in [1.165, 1.54) is 10.6 Å². The van der Waals surface area contributed by atoms with Crippen LogP contribution in [-0.4, -0.2) is 44.1 Å². The maximum absolute atomic E-state index is 11.1. The molecule has 0 aromatic rings. The molecule has 0 spiro atoms. The van der Waals surface area contributed by atoms with Gasteiger partial charge in [-0.25, -0.2) is 19.3 Å². The second-order valence-electron chi connectivity index (χ2n) is 3.22. The minimum Gasteiger partial charge on any atom is -0.369 e. The van der Waals surface area contributed by atoms with Crippen LogP contribution in [0.3, 0.4) is 0 Å². The molecule has 0 saturated carbocycles. The van der Waals surface area contributed by atoms with E-state index in [4.69, 9.17) is 11.6 Å². The quantitative estimate of drug-likeness (QED) is 0.212. The fraction of sp³-hybridized carbons (Fsp3) is 0.833. The molecular weight excluding hydrogens is 206 g/mol. The Hall–Kier alpha value is -0.860. The summed E-state index contributed by atoms with van der Waals surface area (Å²) in [5.41, 5.74) is 7.56. The van der Waals surface area contributed by atoms with E-state index in [9.17, 15) is 8.42 Å². The van der Waals surface area contributed by atoms with Gasteiger partial charge in [0.2, 0.25) is 16.0 Å². The van der Waals surface area contributed by atoms with E-state index in [2.05, 4.69) is 10.4 Å². The second-order valence-corrected chi connectivity index (χ2v) is 5.20. The van der Waals surface area contributed by atoms with Crippen molar-refractivity contribution in [2.24, 2.45) is 16.6 Å². The van der Waals surface area contributed by atoms with Crippen LogP contribution in [0.4, 0.5) is 0 Å². The molecule has 82 valence electrons. The molecule has 1 aliphatic rings. The molecule has 8 heteroatoms. The molecular formula is C6H15N5O2S. The molecule has 0 radical (unpaired) electrons. The molecule has 0 aliphatic carbocycles. The third-order valence-corrected chi connectivity index (χ3v) is 3.33. The average Bonchev–Trinajstić information content (AvgIpc) is 2.51. The van der Waals surface area contributed by atoms with Crippen molar-refractivity contribution in [3.8, 4) is 0 Å². The highest BCUT2D eigenvalue weighted by molar-refractivity contribution is 7.88. The normalized spacial score (nSPS) is 25.3. The number of hydrazine groups is 1. The zero-order valence-electron chi connectivity index (χ0n) is 7.97. The van der Waals surface area contributed by atoms with Crippen LogP contribution in [0.2, 0.25) is 0 Å². The predicted molar refractivity (Wildman–Crippen MR) is 53.8 cm³/mol. The molecule has 0 amide bonds. The third-order valence-electron chi connectivity index (χ3n) is 2.06. The van der Waals surface area contributed by atoms with Crippen molar-refractivity contribution in [2.75, 3.05) is 19.3 Å². The van der Waals surface area contributed by atoms with Gasteiger partial charge in [0.1, 0.15) is 0 Å². The summed E-state index contributed by atoms with van der Waals surface area (Å²) >= 11 is 0. The van der Waals surface area contributed by atoms with Gasteiger partial charge in [-0.3, -0.25) is 5.43 Å². The molecule has 14 heavy (non-hydrogen) atoms. The van der Waals surface area contributed by atoms with Gasteiger partial charge in [-0.2, -0.15) is 4.31 Å². The topological polar surface area (TPSA) is 114 Å². The number of nitrogens with zero attached hydrogens (tertiary/aromatic N) is 2. The summed E-state index contributed by atoms with van der Waals surface area (Å²) in [6.45, 7) is 0.867. The molecule has 5 N–H and O–H groups in total. The average molecular weight is 221 g/mol. The smallest absolute Gasteiger partial charge is 0.211 e. The van der Waals surface area contributed by atoms with Crippen molar-refractivity contribution in [3.05, 3.63) is 0 Å². The minimum atomic E-state index is -3.11. The highest BCUT2D eigenvalue weighted by Gasteiger charge is 2.28. The highest BCUT2D eigenvalue weighted by Crippen LogP contribution is 2.14. The standard InChI is InChI=1S/C6H15N5O2S/c1-14(12,13)11-3-2-5(4-11)9-6(7)10-8/h5H,2-4,8H2,1H3,(H3,7,9,10). The molecule has 0 aromatic carbocycles. The Kier molecular flexibility index (Phi) is 3.29. The lowest BCUT2D eigenvalue weighted by Crippen LogP contribution is -2.38. The van der Waals surface area contributed by atoms with Crippen molar-refractivity contribution in [1.29, 1.82) is 0 Å². The van der Waals surface area contributed by atoms with Crippen molar-refractivity contribution in [3.63, 3.8) is 0 Å². The van der Waals surface area contributed by atoms with E-state index in [1.54, 1.807) is 0 Å². The lowest BCUT2D eigenvalue weighted by Gasteiger charge is -2.11. The number of hydrogen-bond acceptors (Lipinski definition) is 4. The summed E-state index contributed by atoms with van der Waals surface area (Å²) in [5.74, 6) is 5.16. The summed E-state index contributed by atoms with van der Waals surface area (Å²) in [7, 11) is -3.11. The third kappa shape index (κ3) is 2.82. The van der Waals surface area contributed by atoms with E-state index in [0.717, 1.165) is 0 Å². The number of rotatable bonds is 2. The van der Waals surface area contributed by atoms with Crippen molar-refractivity contribution < 1.29 is 8.42 Å². The van der Waals surface area contributed by atoms with Crippen molar-refractivity contribution in [2.45, 2.75) is 12.5 Å². The van der Waals surface area contributed by atoms with E-state index < -0.39 is 10.0 Å². The molecule has 1 fully saturated rings. The van der Waals surface area contributed by atoms with Crippen LogP contribution >= 0.6 is 0 Å². The molecule has 1 unspecified atom stereocenters. The lowest BCUT2D eigenvalue weighted by atomic mass is 10.3. The Morgan fingerprint density at radius 2 is 2.29 bits per heavy atom. The maximum Gasteiger partial charge on any atom is 0.211 e. The summed E-state index contributed by atoms with van der Waals surface area (Å²) < 4.78 is 23.7. The number of nitrogens with one attached hydrogen (secondary N) is 1. The molecule has 0 aromatic heterocycles. The van der Waals surface area contributed by atoms with Gasteiger partial charge in [-0.1, -0.05) is 0 Å². The number of aliphatic imine (C=N–C) groups is 1. The zero-order chi connectivity index (χ0) is 10.8. The second kappa shape index (κ2) is 4.11. The van der Waals surface area contributed by atoms with Crippen LogP contribution in [0.25, 0.3) is 0 Å². The van der Waals surface area contributed by atoms with Gasteiger partial charge in [0.05, 0.1) is 12.3 Å². The van der Waals surface area contributed by atoms with E-state index >= 15 is 0 Å². The van der Waals surface area contributed by atoms with E-state index in [1.807, 2.05) is 0 Å². The van der Waals surface area contributed by atoms with Crippen molar-refractivity contribution in [1.82, 2.24) is 9.73 Å². The first-order valence-corrected chi connectivity index (χ1v) is 6.03. The van der Waals surface area contributed by atoms with E-state index in [0.29, 0.717) is 19.5 Å². The summed E-state index contributed by atoms with van der Waals surface area (Å²) in [6, 6.07) is -0.0965. The largest absolute Gasteiger partial charge is 0.369 e. The van der Waals surface area contributed by atoms with Crippen LogP contribution in [-0.2, 0) is 10.0 Å². The molecule has 1 aliphatic heterocycles. The fourth-order valence-corrected chi connectivity index (χ4v) is 2.23. The van der Waals surface area contributed by atoms with Gasteiger partial charge in [0.25, 0.3) is 0 Å². The predicted octanol–water partition coefficient (Wildman–Crippen LogP) is -2.20. The van der Waals surface area contributed by atoms with Crippen LogP contribution in [0.15, 0.2) is 4.99 Å². The van der Waals surface area contributed by atoms with Gasteiger partial charge >= 0.3 is 0 Å². The first-order valence-electron chi connectivity index (χ1n) is 4.18. The Bertz CT molecular complexity index is 325. The minimum absolute atomic E-state index is 0.0965. The summed E-state index contributed by atoms with van der Waals surface area (Å²) in [4.78, 5) is 4.01. The summed E-state index contributed by atoms with van der Waals surface area (Å²) in [6.07, 6.45) is 1.86. The monoisotopic (exact) mass is 221 g/mol. The van der Waals surface area contributed by atoms with Crippen LogP contribution in [0, 0.1) is 0 Å². The Morgan fingerprint density at radius 3 is 2.71 bits per heavy atom. The number of sulfonamides is 1. The maximum atomic E-state index is 11.1. The van der Waals surface area contributed by atoms with E-state index in [-0.39, 0.29) is 12.0 Å². The fourth-order valence-electron chi connectivity index (χ4n) is 1.35. The van der Waals surface area contributed by atoms with Crippen LogP contribution in [0.5, 0.6) is 0 Å². The number of guanidine groups is 1. The summed E-state index contributed by atoms with van der Waals surface area (Å²) in [5, 5.41) is 0. The SMILES string of the molecule is CS(=O)(=O)N1CCC(N=C(N)NN)C1. The molecule has 1 rings (SSSR count). The van der Waals surface area contributed by atoms with Gasteiger partial charge in [-0.15, -0.1) is 0 Å². The molecule has 1 atom stereocenters. The molecule has 1 saturated heterocycles. The van der Waals surface area contributed by atoms with Crippen molar-refractivity contribution >= 4 is 16.0 Å². The number of hydrogen-bond donors (Lipinski definition) is 3. The highest BCUT2D eigenvalue weighted by atomic mass is 32.2. The van der Waals surface area contributed by atoms with Crippen LogP contribution in [0.1, 0.15) is 6.42 Å². The first kappa shape index (κ1) is 11.2. The molecule has 1 heterocycles. The molecule has 7 nitrogen and oxygen atoms in total. The van der Waals surface area contributed by atoms with Gasteiger partial charge in [0.15, 0.2) is 0 Å². The number of nitrogens with two attached hydrogens (primary N) is 2. The Morgan fingerprint density at radius 1 is 1.64 bits per heavy atom. The first-order chi connectivity index (χ1) is 6.43.